The maximum atomic E-state index is 6.12. The van der Waals surface area contributed by atoms with Crippen LogP contribution in [0.4, 0.5) is 0 Å². The Morgan fingerprint density at radius 2 is 0.716 bits per heavy atom. The lowest BCUT2D eigenvalue weighted by atomic mass is 9.82. The molecule has 0 atom stereocenters. The zero-order chi connectivity index (χ0) is 56.7. The summed E-state index contributed by atoms with van der Waals surface area (Å²) in [6, 6.07) is 66.5. The molecule has 1 fully saturated rings. The number of nitrogens with zero attached hydrogens (tertiary/aromatic N) is 3. The Kier molecular flexibility index (Phi) is 15.5. The molecule has 3 aromatic heterocycles. The van der Waals surface area contributed by atoms with E-state index in [1.54, 1.807) is 0 Å². The molecular weight excluding hydrogens is 1120 g/mol. The molecule has 0 saturated carbocycles. The first kappa shape index (κ1) is 55.3. The van der Waals surface area contributed by atoms with Gasteiger partial charge in [-0.25, -0.2) is 0 Å². The van der Waals surface area contributed by atoms with Crippen LogP contribution in [0.25, 0.3) is 99.0 Å². The summed E-state index contributed by atoms with van der Waals surface area (Å²) in [6.07, 6.45) is 5.73. The molecule has 1 saturated heterocycles. The van der Waals surface area contributed by atoms with Crippen LogP contribution in [0, 0.1) is 41.5 Å². The van der Waals surface area contributed by atoms with Crippen molar-refractivity contribution in [2.24, 2.45) is 0 Å². The molecule has 0 N–H and O–H groups in total. The van der Waals surface area contributed by atoms with Gasteiger partial charge in [0, 0.05) is 38.7 Å². The number of aryl methyl sites for hydroxylation is 6. The van der Waals surface area contributed by atoms with Crippen LogP contribution in [0.3, 0.4) is 0 Å². The third kappa shape index (κ3) is 10.8. The SMILES string of the molecule is Brc1c2ccccc2c(Br)c2ccccc12.Cc1ccc(C)c(-c2ccnc(-c3c4ccccc4c(-c4cc(-c5c(C)cccc5C)ccn4)c4ccccc34)c2)c1.Cc1cccc(C)c1-c1ccnc(B2OC(C)(C)C(C)(C)O2)c1.[3H-]. The van der Waals surface area contributed by atoms with E-state index in [2.05, 4.69) is 288 Å². The molecule has 0 unspecified atom stereocenters. The largest absolute Gasteiger partial charge is 1.00 e. The zero-order valence-electron chi connectivity index (χ0n) is 48.6. The Bertz CT molecular complexity index is 4160. The summed E-state index contributed by atoms with van der Waals surface area (Å²) >= 11 is 7.39. The molecule has 0 bridgehead atoms. The van der Waals surface area contributed by atoms with Gasteiger partial charge in [-0.1, -0.05) is 157 Å². The monoisotopic (exact) mass is 1190 g/mol. The van der Waals surface area contributed by atoms with Crippen LogP contribution in [0.2, 0.25) is 0 Å². The number of rotatable bonds is 6. The molecule has 0 amide bonds. The van der Waals surface area contributed by atoms with Crippen molar-refractivity contribution in [1.82, 2.24) is 15.0 Å². The Morgan fingerprint density at radius 3 is 1.14 bits per heavy atom. The quantitative estimate of drug-likeness (QED) is 0.123. The van der Waals surface area contributed by atoms with E-state index in [-0.39, 0.29) is 12.6 Å². The summed E-state index contributed by atoms with van der Waals surface area (Å²) in [5.74, 6) is 0. The average Bonchev–Trinajstić information content (AvgIpc) is 2.98. The number of fused-ring (bicyclic) bond motifs is 4. The summed E-state index contributed by atoms with van der Waals surface area (Å²) in [7, 11) is -0.427. The molecule has 4 heterocycles. The van der Waals surface area contributed by atoms with E-state index in [0.29, 0.717) is 0 Å². The van der Waals surface area contributed by atoms with E-state index in [4.69, 9.17) is 19.3 Å². The lowest BCUT2D eigenvalue weighted by Gasteiger charge is -2.32. The minimum Gasteiger partial charge on any atom is -1.00 e. The highest BCUT2D eigenvalue weighted by molar-refractivity contribution is 9.11. The van der Waals surface area contributed by atoms with Crippen LogP contribution in [0.5, 0.6) is 0 Å². The van der Waals surface area contributed by atoms with Gasteiger partial charge >= 0.3 is 7.12 Å². The molecular formula is C73H65BBr2N3O2-. The van der Waals surface area contributed by atoms with Crippen molar-refractivity contribution in [3.63, 3.8) is 0 Å². The Hall–Kier alpha value is -7.59. The van der Waals surface area contributed by atoms with Gasteiger partial charge in [-0.05, 0) is 242 Å². The van der Waals surface area contributed by atoms with Crippen molar-refractivity contribution >= 4 is 87.7 Å². The highest BCUT2D eigenvalue weighted by atomic mass is 79.9. The fourth-order valence-electron chi connectivity index (χ4n) is 11.4. The van der Waals surface area contributed by atoms with Gasteiger partial charge in [-0.2, -0.15) is 0 Å². The molecule has 1 aliphatic rings. The molecule has 12 aromatic rings. The molecule has 1 aliphatic heterocycles. The van der Waals surface area contributed by atoms with Crippen LogP contribution in [0.1, 0.15) is 62.5 Å². The number of halogens is 2. The first-order chi connectivity index (χ1) is 39.0. The fraction of sp³-hybridized carbons (Fsp3) is 0.164. The average molecular weight is 1190 g/mol. The molecule has 0 radical (unpaired) electrons. The zero-order valence-corrected chi connectivity index (χ0v) is 50.8. The van der Waals surface area contributed by atoms with Gasteiger partial charge < -0.3 is 10.7 Å². The van der Waals surface area contributed by atoms with Gasteiger partial charge in [0.25, 0.3) is 0 Å². The second-order valence-corrected chi connectivity index (χ2v) is 23.9. The van der Waals surface area contributed by atoms with Gasteiger partial charge in [-0.15, -0.1) is 0 Å². The van der Waals surface area contributed by atoms with Crippen molar-refractivity contribution in [2.75, 3.05) is 0 Å². The predicted molar refractivity (Wildman–Crippen MR) is 351 cm³/mol. The van der Waals surface area contributed by atoms with E-state index in [1.807, 2.05) is 24.7 Å². The van der Waals surface area contributed by atoms with Crippen molar-refractivity contribution in [3.8, 4) is 55.9 Å². The standard InChI is InChI=1S/C40H32N2.C19H24BNO2.C14H8Br2.H/c1-25-16-17-26(2)35(22-25)29-18-20-41-36(23-29)39-31-12-5-7-14-33(31)40(34-15-8-6-13-32(34)39)37-24-30(19-21-42-37)38-27(3)10-9-11-28(38)4;1-13-8-7-9-14(2)17(13)15-10-11-21-16(12-15)20-22-18(3,4)19(5,6)23-20;15-13-9-5-1-2-6-10(9)14(16)12-8-4-3-7-11(12)13;/h5-24H,1-4H3;7-12H,1-6H3;1-8H;/q;;;-1/i;;;1+2. The van der Waals surface area contributed by atoms with Gasteiger partial charge in [0.15, 0.2) is 0 Å². The predicted octanol–water partition coefficient (Wildman–Crippen LogP) is 20.0. The van der Waals surface area contributed by atoms with Crippen LogP contribution < -0.4 is 5.59 Å². The van der Waals surface area contributed by atoms with Crippen LogP contribution in [-0.2, 0) is 9.31 Å². The summed E-state index contributed by atoms with van der Waals surface area (Å²) in [5, 5.41) is 9.68. The van der Waals surface area contributed by atoms with Crippen LogP contribution in [0.15, 0.2) is 216 Å². The molecule has 8 heteroatoms. The number of hydrogen-bond acceptors (Lipinski definition) is 5. The molecule has 402 valence electrons. The van der Waals surface area contributed by atoms with Gasteiger partial charge in [0.2, 0.25) is 0 Å². The van der Waals surface area contributed by atoms with E-state index < -0.39 is 7.12 Å². The topological polar surface area (TPSA) is 57.1 Å². The lowest BCUT2D eigenvalue weighted by molar-refractivity contribution is 0.00578. The Balaban J connectivity index is 0.000000157. The summed E-state index contributed by atoms with van der Waals surface area (Å²) in [6.45, 7) is 21.2. The third-order valence-electron chi connectivity index (χ3n) is 16.3. The molecule has 0 aliphatic carbocycles. The van der Waals surface area contributed by atoms with Gasteiger partial charge in [0.05, 0.1) is 28.2 Å². The smallest absolute Gasteiger partial charge is 0.514 e. The second-order valence-electron chi connectivity index (χ2n) is 22.3. The number of benzene rings is 9. The van der Waals surface area contributed by atoms with E-state index in [1.165, 1.54) is 113 Å². The lowest BCUT2D eigenvalue weighted by Crippen LogP contribution is -2.41. The molecule has 9 aromatic carbocycles. The van der Waals surface area contributed by atoms with Crippen molar-refractivity contribution in [2.45, 2.75) is 80.4 Å². The molecule has 13 rings (SSSR count). The van der Waals surface area contributed by atoms with E-state index in [0.717, 1.165) is 33.7 Å². The van der Waals surface area contributed by atoms with Crippen molar-refractivity contribution in [3.05, 3.63) is 249 Å². The maximum absolute atomic E-state index is 6.12. The number of hydrogen-bond donors (Lipinski definition) is 0. The Morgan fingerprint density at radius 1 is 0.358 bits per heavy atom. The Labute approximate surface area is 495 Å². The van der Waals surface area contributed by atoms with Gasteiger partial charge in [0.1, 0.15) is 0 Å². The second kappa shape index (κ2) is 22.7. The number of pyridine rings is 3. The normalized spacial score (nSPS) is 13.5. The maximum Gasteiger partial charge on any atom is 0.514 e. The third-order valence-corrected chi connectivity index (χ3v) is 18.0. The first-order valence-corrected chi connectivity index (χ1v) is 29.2. The minimum absolute atomic E-state index is 0. The first-order valence-electron chi connectivity index (χ1n) is 27.6. The fourth-order valence-corrected chi connectivity index (χ4v) is 12.8. The minimum atomic E-state index is -0.427. The van der Waals surface area contributed by atoms with Crippen LogP contribution >= 0.6 is 31.9 Å². The summed E-state index contributed by atoms with van der Waals surface area (Å²) < 4.78 is 14.6. The summed E-state index contributed by atoms with van der Waals surface area (Å²) in [4.78, 5) is 14.4. The van der Waals surface area contributed by atoms with E-state index in [9.17, 15) is 0 Å². The molecule has 81 heavy (non-hydrogen) atoms. The molecule has 0 spiro atoms. The van der Waals surface area contributed by atoms with Crippen molar-refractivity contribution in [1.29, 1.82) is 0 Å². The van der Waals surface area contributed by atoms with E-state index >= 15 is 0 Å². The number of aromatic nitrogens is 3. The molecule has 5 nitrogen and oxygen atoms in total. The van der Waals surface area contributed by atoms with Gasteiger partial charge in [-0.3, -0.25) is 15.0 Å². The van der Waals surface area contributed by atoms with Crippen molar-refractivity contribution < 1.29 is 10.7 Å². The summed E-state index contributed by atoms with van der Waals surface area (Å²) in [5.41, 5.74) is 19.3. The highest BCUT2D eigenvalue weighted by Crippen LogP contribution is 2.45. The van der Waals surface area contributed by atoms with Crippen LogP contribution in [-0.4, -0.2) is 33.3 Å². The highest BCUT2D eigenvalue weighted by Gasteiger charge is 2.52.